The number of furan rings is 1. The Morgan fingerprint density at radius 3 is 2.15 bits per heavy atom. The molecule has 5 heteroatoms. The Labute approximate surface area is 357 Å². The van der Waals surface area contributed by atoms with Gasteiger partial charge >= 0.3 is 0 Å². The number of para-hydroxylation sites is 3. The van der Waals surface area contributed by atoms with Crippen LogP contribution < -0.4 is 9.80 Å². The van der Waals surface area contributed by atoms with Gasteiger partial charge < -0.3 is 24.4 Å². The van der Waals surface area contributed by atoms with Crippen LogP contribution in [0.3, 0.4) is 0 Å². The zero-order valence-electron chi connectivity index (χ0n) is 34.3. The van der Waals surface area contributed by atoms with Crippen molar-refractivity contribution < 1.29 is 14.6 Å². The van der Waals surface area contributed by atoms with Crippen molar-refractivity contribution in [3.8, 4) is 22.6 Å². The van der Waals surface area contributed by atoms with Crippen LogP contribution in [0.4, 0.5) is 17.1 Å². The zero-order chi connectivity index (χ0) is 42.0. The van der Waals surface area contributed by atoms with Gasteiger partial charge in [-0.25, -0.2) is 0 Å². The first-order chi connectivity index (χ1) is 29.9. The van der Waals surface area contributed by atoms with E-state index in [4.69, 9.17) is 4.42 Å². The fraction of sp³-hybridized carbons (Fsp3) is 0.0714. The topological polar surface area (TPSA) is 60.1 Å². The van der Waals surface area contributed by atoms with Crippen molar-refractivity contribution in [3.63, 3.8) is 0 Å². The van der Waals surface area contributed by atoms with Gasteiger partial charge in [-0.05, 0) is 125 Å². The second-order valence-electron chi connectivity index (χ2n) is 15.0. The van der Waals surface area contributed by atoms with Gasteiger partial charge in [0.05, 0.1) is 11.4 Å². The minimum Gasteiger partial charge on any atom is -0.507 e. The summed E-state index contributed by atoms with van der Waals surface area (Å²) >= 11 is 0. The zero-order valence-corrected chi connectivity index (χ0v) is 34.3. The fourth-order valence-corrected chi connectivity index (χ4v) is 8.48. The van der Waals surface area contributed by atoms with Crippen molar-refractivity contribution in [2.75, 3.05) is 9.80 Å². The first kappa shape index (κ1) is 38.7. The van der Waals surface area contributed by atoms with E-state index in [-0.39, 0.29) is 11.5 Å². The maximum atomic E-state index is 10.7. The van der Waals surface area contributed by atoms with E-state index >= 15 is 0 Å². The predicted octanol–water partition coefficient (Wildman–Crippen LogP) is 15.1. The molecule has 0 spiro atoms. The highest BCUT2D eigenvalue weighted by Crippen LogP contribution is 2.44. The van der Waals surface area contributed by atoms with Gasteiger partial charge in [-0.3, -0.25) is 0 Å². The molecule has 10 rings (SSSR count). The number of hydrogen-bond acceptors (Lipinski definition) is 5. The summed E-state index contributed by atoms with van der Waals surface area (Å²) in [5.41, 5.74) is 14.9. The van der Waals surface area contributed by atoms with Gasteiger partial charge in [0.25, 0.3) is 0 Å². The molecule has 0 saturated heterocycles. The molecule has 1 aromatic heterocycles. The molecule has 0 atom stereocenters. The van der Waals surface area contributed by atoms with E-state index in [1.165, 1.54) is 0 Å². The molecule has 0 unspecified atom stereocenters. The van der Waals surface area contributed by atoms with Crippen LogP contribution in [0.1, 0.15) is 48.9 Å². The van der Waals surface area contributed by atoms with Crippen molar-refractivity contribution in [3.05, 3.63) is 223 Å². The number of anilines is 3. The number of aromatic hydroxyl groups is 2. The highest BCUT2D eigenvalue weighted by Gasteiger charge is 2.24. The molecule has 0 saturated carbocycles. The van der Waals surface area contributed by atoms with Gasteiger partial charge in [0, 0.05) is 56.8 Å². The smallest absolute Gasteiger partial charge is 0.145 e. The molecule has 0 fully saturated rings. The van der Waals surface area contributed by atoms with Crippen LogP contribution in [-0.4, -0.2) is 10.2 Å². The first-order valence-corrected chi connectivity index (χ1v) is 20.8. The highest BCUT2D eigenvalue weighted by molar-refractivity contribution is 6.12. The molecule has 5 nitrogen and oxygen atoms in total. The van der Waals surface area contributed by atoms with Crippen molar-refractivity contribution >= 4 is 61.3 Å². The van der Waals surface area contributed by atoms with Crippen LogP contribution in [0.5, 0.6) is 11.5 Å². The lowest BCUT2D eigenvalue weighted by molar-refractivity contribution is 0.473. The van der Waals surface area contributed by atoms with Crippen LogP contribution in [0.2, 0.25) is 0 Å². The third-order valence-electron chi connectivity index (χ3n) is 11.4. The lowest BCUT2D eigenvalue weighted by Gasteiger charge is -2.28. The molecule has 1 aliphatic carbocycles. The molecular weight excluding hydrogens is 749 g/mol. The Balaban J connectivity index is 0.00000235. The average molecular weight is 795 g/mol. The number of allylic oxidation sites excluding steroid dienone is 11. The van der Waals surface area contributed by atoms with Crippen molar-refractivity contribution in [2.45, 2.75) is 26.7 Å². The molecule has 61 heavy (non-hydrogen) atoms. The standard InChI is InChI=1S/C54H40N2O3.C2H6/c1-35-13-9-10-29-55(41-16-11-14-39(32-41)44-19-4-7-22-50(44)57)49-26-25-46-47-34-37(24-27-52(47)59-54(46)53(35)49)38-28-30-56(48-21-6-3-18-43(48)36(2)31-38)42-17-12-15-40(33-42)45-20-5-8-23-51(45)58;1-2/h3-10,12-13,15-34,57-58H,1-2,11,14H2;1-2H3/b13-9-,29-10-,30-28-,38-31+;. The van der Waals surface area contributed by atoms with Crippen molar-refractivity contribution in [2.24, 2.45) is 0 Å². The number of phenolic OH excluding ortho intramolecular Hbond substituents is 2. The molecule has 2 N–H and O–H groups in total. The molecule has 6 aromatic carbocycles. The minimum absolute atomic E-state index is 0.244. The second-order valence-corrected chi connectivity index (χ2v) is 15.0. The Morgan fingerprint density at radius 1 is 0.590 bits per heavy atom. The van der Waals surface area contributed by atoms with Gasteiger partial charge in [-0.2, -0.15) is 0 Å². The third kappa shape index (κ3) is 7.21. The molecule has 3 heterocycles. The molecule has 2 aliphatic heterocycles. The Kier molecular flexibility index (Phi) is 10.5. The monoisotopic (exact) mass is 794 g/mol. The van der Waals surface area contributed by atoms with Gasteiger partial charge in [0.2, 0.25) is 0 Å². The van der Waals surface area contributed by atoms with E-state index in [2.05, 4.69) is 114 Å². The fourth-order valence-electron chi connectivity index (χ4n) is 8.48. The molecule has 0 radical (unpaired) electrons. The predicted molar refractivity (Wildman–Crippen MR) is 257 cm³/mol. The number of hydrogen-bond donors (Lipinski definition) is 2. The summed E-state index contributed by atoms with van der Waals surface area (Å²) in [7, 11) is 0. The van der Waals surface area contributed by atoms with Crippen LogP contribution >= 0.6 is 0 Å². The van der Waals surface area contributed by atoms with E-state index in [1.807, 2.05) is 92.7 Å². The molecule has 298 valence electrons. The largest absolute Gasteiger partial charge is 0.507 e. The van der Waals surface area contributed by atoms with E-state index < -0.39 is 0 Å². The summed E-state index contributed by atoms with van der Waals surface area (Å²) in [6, 6.07) is 42.2. The number of nitrogens with zero attached hydrogens (tertiary/aromatic N) is 2. The maximum Gasteiger partial charge on any atom is 0.145 e. The summed E-state index contributed by atoms with van der Waals surface area (Å²) in [4.78, 5) is 4.38. The normalized spacial score (nSPS) is 17.2. The number of fused-ring (bicyclic) bond motifs is 6. The molecule has 7 aromatic rings. The summed E-state index contributed by atoms with van der Waals surface area (Å²) in [5, 5.41) is 23.3. The van der Waals surface area contributed by atoms with Crippen molar-refractivity contribution in [1.29, 1.82) is 0 Å². The molecule has 3 aliphatic rings. The van der Waals surface area contributed by atoms with Gasteiger partial charge in [-0.15, -0.1) is 0 Å². The second kappa shape index (κ2) is 16.5. The quantitative estimate of drug-likeness (QED) is 0.182. The lowest BCUT2D eigenvalue weighted by atomic mass is 9.93. The number of phenols is 2. The van der Waals surface area contributed by atoms with E-state index in [0.717, 1.165) is 113 Å². The maximum absolute atomic E-state index is 10.7. The van der Waals surface area contributed by atoms with Crippen LogP contribution in [0, 0.1) is 0 Å². The number of rotatable bonds is 5. The first-order valence-electron chi connectivity index (χ1n) is 20.8. The van der Waals surface area contributed by atoms with Crippen LogP contribution in [0.25, 0.3) is 55.4 Å². The van der Waals surface area contributed by atoms with E-state index in [0.29, 0.717) is 0 Å². The molecule has 0 bridgehead atoms. The lowest BCUT2D eigenvalue weighted by Crippen LogP contribution is -2.18. The van der Waals surface area contributed by atoms with Crippen LogP contribution in [-0.2, 0) is 0 Å². The third-order valence-corrected chi connectivity index (χ3v) is 11.4. The Bertz CT molecular complexity index is 3080. The highest BCUT2D eigenvalue weighted by atomic mass is 16.3. The summed E-state index contributed by atoms with van der Waals surface area (Å²) in [6.45, 7) is 13.1. The van der Waals surface area contributed by atoms with E-state index in [1.54, 1.807) is 12.1 Å². The van der Waals surface area contributed by atoms with Gasteiger partial charge in [0.1, 0.15) is 22.7 Å². The van der Waals surface area contributed by atoms with Crippen molar-refractivity contribution in [1.82, 2.24) is 0 Å². The number of benzene rings is 6. The Hall–Kier alpha value is -7.76. The van der Waals surface area contributed by atoms with E-state index in [9.17, 15) is 10.2 Å². The van der Waals surface area contributed by atoms with Crippen LogP contribution in [0.15, 0.2) is 206 Å². The average Bonchev–Trinajstić information content (AvgIpc) is 3.66. The summed E-state index contributed by atoms with van der Waals surface area (Å²) in [5.74, 6) is 0.532. The molecular formula is C56H46N2O3. The molecule has 0 amide bonds. The Morgan fingerprint density at radius 2 is 1.34 bits per heavy atom. The minimum atomic E-state index is 0.244. The van der Waals surface area contributed by atoms with Gasteiger partial charge in [0.15, 0.2) is 0 Å². The SMILES string of the molecule is C=C1/C=C(c2ccc3oc4c5c(ccc4c3c2)N(C2=CCCC(c3ccccc3O)=C2)/C=C\C=C/C5=C)\C=C/N(c2cccc(-c3ccccc3O)c2)c2ccccc21.CC. The van der Waals surface area contributed by atoms with Gasteiger partial charge in [-0.1, -0.05) is 118 Å². The summed E-state index contributed by atoms with van der Waals surface area (Å²) < 4.78 is 6.75. The summed E-state index contributed by atoms with van der Waals surface area (Å²) in [6.07, 6.45) is 20.7.